The number of carbonyl (C=O) groups excluding carboxylic acids is 1. The van der Waals surface area contributed by atoms with Crippen LogP contribution in [0.2, 0.25) is 5.02 Å². The second-order valence-electron chi connectivity index (χ2n) is 4.82. The molecule has 3 rings (SSSR count). The topological polar surface area (TPSA) is 42.0 Å². The van der Waals surface area contributed by atoms with E-state index in [-0.39, 0.29) is 5.91 Å². The Labute approximate surface area is 127 Å². The van der Waals surface area contributed by atoms with Gasteiger partial charge >= 0.3 is 0 Å². The molecule has 0 saturated carbocycles. The summed E-state index contributed by atoms with van der Waals surface area (Å²) in [4.78, 5) is 16.4. The fourth-order valence-electron chi connectivity index (χ4n) is 2.16. The zero-order chi connectivity index (χ0) is 14.8. The number of hydrogen-bond donors (Lipinski definition) is 1. The number of amides is 1. The van der Waals surface area contributed by atoms with Gasteiger partial charge in [0.05, 0.1) is 10.6 Å². The van der Waals surface area contributed by atoms with Gasteiger partial charge in [-0.15, -0.1) is 0 Å². The van der Waals surface area contributed by atoms with Crippen molar-refractivity contribution in [1.29, 1.82) is 0 Å². The molecule has 0 aliphatic carbocycles. The summed E-state index contributed by atoms with van der Waals surface area (Å²) in [6, 6.07) is 15.4. The van der Waals surface area contributed by atoms with Crippen LogP contribution in [0.3, 0.4) is 0 Å². The van der Waals surface area contributed by atoms with Crippen LogP contribution in [-0.2, 0) is 0 Å². The number of fused-ring (bicyclic) bond motifs is 1. The molecular formula is C17H13ClN2O. The lowest BCUT2D eigenvalue weighted by molar-refractivity contribution is 0.102. The van der Waals surface area contributed by atoms with E-state index in [1.165, 1.54) is 6.20 Å². The summed E-state index contributed by atoms with van der Waals surface area (Å²) >= 11 is 6.08. The molecule has 0 aliphatic heterocycles. The first-order valence-electron chi connectivity index (χ1n) is 6.56. The first-order valence-corrected chi connectivity index (χ1v) is 6.93. The third kappa shape index (κ3) is 2.88. The third-order valence-corrected chi connectivity index (χ3v) is 3.55. The van der Waals surface area contributed by atoms with Crippen LogP contribution >= 0.6 is 11.6 Å². The number of anilines is 1. The number of nitrogens with one attached hydrogen (secondary N) is 1. The molecule has 0 spiro atoms. The van der Waals surface area contributed by atoms with Crippen LogP contribution in [-0.4, -0.2) is 10.9 Å². The van der Waals surface area contributed by atoms with Crippen LogP contribution < -0.4 is 5.32 Å². The fourth-order valence-corrected chi connectivity index (χ4v) is 2.45. The number of hydrogen-bond acceptors (Lipinski definition) is 2. The average molecular weight is 297 g/mol. The van der Waals surface area contributed by atoms with Crippen molar-refractivity contribution in [3.8, 4) is 0 Å². The van der Waals surface area contributed by atoms with E-state index in [4.69, 9.17) is 11.6 Å². The fraction of sp³-hybridized carbons (Fsp3) is 0.0588. The maximum absolute atomic E-state index is 12.2. The van der Waals surface area contributed by atoms with Gasteiger partial charge in [-0.25, -0.2) is 0 Å². The van der Waals surface area contributed by atoms with Crippen LogP contribution in [0.15, 0.2) is 54.7 Å². The SMILES string of the molecule is Cc1cc(Cl)c(C(=O)Nc2ccc3ccccc3c2)cn1. The molecule has 0 bridgehead atoms. The van der Waals surface area contributed by atoms with Crippen LogP contribution in [0.25, 0.3) is 10.8 Å². The van der Waals surface area contributed by atoms with Crippen molar-refractivity contribution >= 4 is 34.0 Å². The number of pyridine rings is 1. The highest BCUT2D eigenvalue weighted by Crippen LogP contribution is 2.21. The number of aryl methyl sites for hydroxylation is 1. The van der Waals surface area contributed by atoms with Gasteiger partial charge in [0.2, 0.25) is 0 Å². The maximum Gasteiger partial charge on any atom is 0.258 e. The summed E-state index contributed by atoms with van der Waals surface area (Å²) in [6.07, 6.45) is 1.49. The Hall–Kier alpha value is -2.39. The predicted octanol–water partition coefficient (Wildman–Crippen LogP) is 4.45. The van der Waals surface area contributed by atoms with Crippen molar-refractivity contribution < 1.29 is 4.79 Å². The van der Waals surface area contributed by atoms with Crippen molar-refractivity contribution in [2.24, 2.45) is 0 Å². The average Bonchev–Trinajstić information content (AvgIpc) is 2.47. The van der Waals surface area contributed by atoms with Gasteiger partial charge < -0.3 is 5.32 Å². The third-order valence-electron chi connectivity index (χ3n) is 3.24. The van der Waals surface area contributed by atoms with Gasteiger partial charge in [-0.1, -0.05) is 41.9 Å². The van der Waals surface area contributed by atoms with Crippen molar-refractivity contribution in [1.82, 2.24) is 4.98 Å². The van der Waals surface area contributed by atoms with E-state index in [0.717, 1.165) is 22.2 Å². The molecule has 1 aromatic heterocycles. The zero-order valence-electron chi connectivity index (χ0n) is 11.4. The van der Waals surface area contributed by atoms with Crippen LogP contribution in [0.4, 0.5) is 5.69 Å². The predicted molar refractivity (Wildman–Crippen MR) is 85.9 cm³/mol. The van der Waals surface area contributed by atoms with Gasteiger partial charge in [-0.2, -0.15) is 0 Å². The number of halogens is 1. The minimum atomic E-state index is -0.261. The molecule has 104 valence electrons. The first kappa shape index (κ1) is 13.6. The molecule has 0 unspecified atom stereocenters. The van der Waals surface area contributed by atoms with Crippen molar-refractivity contribution in [2.75, 3.05) is 5.32 Å². The van der Waals surface area contributed by atoms with Crippen LogP contribution in [0.5, 0.6) is 0 Å². The number of aromatic nitrogens is 1. The van der Waals surface area contributed by atoms with Gasteiger partial charge in [0.25, 0.3) is 5.91 Å². The molecule has 0 fully saturated rings. The lowest BCUT2D eigenvalue weighted by Crippen LogP contribution is -2.13. The zero-order valence-corrected chi connectivity index (χ0v) is 12.2. The molecule has 4 heteroatoms. The Bertz CT molecular complexity index is 830. The van der Waals surface area contributed by atoms with Gasteiger partial charge in [-0.3, -0.25) is 9.78 Å². The van der Waals surface area contributed by atoms with Gasteiger partial charge in [-0.05, 0) is 35.9 Å². The molecule has 21 heavy (non-hydrogen) atoms. The van der Waals surface area contributed by atoms with Gasteiger partial charge in [0, 0.05) is 17.6 Å². The lowest BCUT2D eigenvalue weighted by atomic mass is 10.1. The second kappa shape index (κ2) is 5.54. The van der Waals surface area contributed by atoms with E-state index in [1.807, 2.05) is 49.4 Å². The molecule has 1 amide bonds. The van der Waals surface area contributed by atoms with E-state index in [0.29, 0.717) is 10.6 Å². The molecule has 0 radical (unpaired) electrons. The molecule has 3 nitrogen and oxygen atoms in total. The summed E-state index contributed by atoms with van der Waals surface area (Å²) in [5, 5.41) is 5.45. The quantitative estimate of drug-likeness (QED) is 0.759. The standard InChI is InChI=1S/C17H13ClN2O/c1-11-8-16(18)15(10-19-11)17(21)20-14-7-6-12-4-2-3-5-13(12)9-14/h2-10H,1H3,(H,20,21). The Morgan fingerprint density at radius 3 is 2.62 bits per heavy atom. The van der Waals surface area contributed by atoms with Crippen LogP contribution in [0, 0.1) is 6.92 Å². The highest BCUT2D eigenvalue weighted by Gasteiger charge is 2.11. The summed E-state index contributed by atoms with van der Waals surface area (Å²) in [5.74, 6) is -0.261. The largest absolute Gasteiger partial charge is 0.322 e. The van der Waals surface area contributed by atoms with E-state index >= 15 is 0 Å². The monoisotopic (exact) mass is 296 g/mol. The molecule has 0 atom stereocenters. The van der Waals surface area contributed by atoms with E-state index in [2.05, 4.69) is 10.3 Å². The maximum atomic E-state index is 12.2. The van der Waals surface area contributed by atoms with Crippen molar-refractivity contribution in [3.05, 3.63) is 71.0 Å². The minimum Gasteiger partial charge on any atom is -0.322 e. The van der Waals surface area contributed by atoms with E-state index < -0.39 is 0 Å². The summed E-state index contributed by atoms with van der Waals surface area (Å²) in [7, 11) is 0. The summed E-state index contributed by atoms with van der Waals surface area (Å²) < 4.78 is 0. The number of benzene rings is 2. The summed E-state index contributed by atoms with van der Waals surface area (Å²) in [6.45, 7) is 1.83. The van der Waals surface area contributed by atoms with Crippen molar-refractivity contribution in [3.63, 3.8) is 0 Å². The smallest absolute Gasteiger partial charge is 0.258 e. The van der Waals surface area contributed by atoms with Gasteiger partial charge in [0.1, 0.15) is 0 Å². The lowest BCUT2D eigenvalue weighted by Gasteiger charge is -2.08. The first-order chi connectivity index (χ1) is 10.1. The van der Waals surface area contributed by atoms with Gasteiger partial charge in [0.15, 0.2) is 0 Å². The Morgan fingerprint density at radius 1 is 1.10 bits per heavy atom. The van der Waals surface area contributed by atoms with E-state index in [1.54, 1.807) is 6.07 Å². The highest BCUT2D eigenvalue weighted by atomic mass is 35.5. The van der Waals surface area contributed by atoms with Crippen molar-refractivity contribution in [2.45, 2.75) is 6.92 Å². The molecule has 3 aromatic rings. The van der Waals surface area contributed by atoms with Crippen LogP contribution in [0.1, 0.15) is 16.1 Å². The Morgan fingerprint density at radius 2 is 1.86 bits per heavy atom. The molecule has 1 N–H and O–H groups in total. The van der Waals surface area contributed by atoms with E-state index in [9.17, 15) is 4.79 Å². The highest BCUT2D eigenvalue weighted by molar-refractivity contribution is 6.34. The normalized spacial score (nSPS) is 10.6. The molecular weight excluding hydrogens is 284 g/mol. The minimum absolute atomic E-state index is 0.261. The molecule has 2 aromatic carbocycles. The second-order valence-corrected chi connectivity index (χ2v) is 5.23. The Balaban J connectivity index is 1.89. The number of carbonyl (C=O) groups is 1. The molecule has 0 aliphatic rings. The number of rotatable bonds is 2. The number of nitrogens with zero attached hydrogens (tertiary/aromatic N) is 1. The molecule has 0 saturated heterocycles. The Kier molecular flexibility index (Phi) is 3.59. The molecule has 1 heterocycles. The summed E-state index contributed by atoms with van der Waals surface area (Å²) in [5.41, 5.74) is 1.88.